The van der Waals surface area contributed by atoms with Gasteiger partial charge in [-0.25, -0.2) is 4.98 Å². The van der Waals surface area contributed by atoms with Crippen LogP contribution in [0, 0.1) is 0 Å². The van der Waals surface area contributed by atoms with E-state index in [2.05, 4.69) is 162 Å². The molecule has 3 heterocycles. The van der Waals surface area contributed by atoms with Crippen LogP contribution < -0.4 is 0 Å². The third-order valence-electron chi connectivity index (χ3n) is 10.7. The molecule has 0 radical (unpaired) electrons. The molecule has 0 atom stereocenters. The zero-order chi connectivity index (χ0) is 37.0. The highest BCUT2D eigenvalue weighted by atomic mass is 32.1. The predicted molar refractivity (Wildman–Crippen MR) is 234 cm³/mol. The van der Waals surface area contributed by atoms with Crippen LogP contribution in [0.15, 0.2) is 194 Å². The molecule has 11 aromatic rings. The maximum absolute atomic E-state index is 5.28. The molecule has 0 N–H and O–H groups in total. The SMILES string of the molecule is c1ccc(-c2ccc3sc4c(-c5ccccc5)cc5c(c6cc(-c7ccccc7)ccc6n5-c5nc(-c6ccccc6)nc(-c6ccccc6)n5)c4c3c2)cc1. The van der Waals surface area contributed by atoms with Crippen molar-refractivity contribution in [2.24, 2.45) is 0 Å². The van der Waals surface area contributed by atoms with Gasteiger partial charge in [0.2, 0.25) is 5.95 Å². The van der Waals surface area contributed by atoms with Gasteiger partial charge in [0.1, 0.15) is 0 Å². The van der Waals surface area contributed by atoms with Crippen molar-refractivity contribution in [1.82, 2.24) is 19.5 Å². The summed E-state index contributed by atoms with van der Waals surface area (Å²) >= 11 is 1.87. The third kappa shape index (κ3) is 5.40. The maximum Gasteiger partial charge on any atom is 0.238 e. The molecule has 0 unspecified atom stereocenters. The first kappa shape index (κ1) is 32.2. The molecule has 5 heteroatoms. The summed E-state index contributed by atoms with van der Waals surface area (Å²) < 4.78 is 4.78. The van der Waals surface area contributed by atoms with Crippen LogP contribution in [0.25, 0.3) is 104 Å². The second-order valence-electron chi connectivity index (χ2n) is 14.0. The Morgan fingerprint density at radius 2 is 0.839 bits per heavy atom. The first-order valence-corrected chi connectivity index (χ1v) is 19.6. The third-order valence-corrected chi connectivity index (χ3v) is 11.9. The summed E-state index contributed by atoms with van der Waals surface area (Å²) in [6.07, 6.45) is 0. The summed E-state index contributed by atoms with van der Waals surface area (Å²) in [7, 11) is 0. The van der Waals surface area contributed by atoms with Gasteiger partial charge in [-0.15, -0.1) is 11.3 Å². The van der Waals surface area contributed by atoms with E-state index in [0.29, 0.717) is 17.6 Å². The Bertz CT molecular complexity index is 3150. The summed E-state index contributed by atoms with van der Waals surface area (Å²) in [5.74, 6) is 1.83. The molecule has 0 aliphatic heterocycles. The standard InChI is InChI=1S/C51H32N4S/c1-6-16-33(17-7-1)38-26-28-43-41(30-38)46-44(55(43)51-53-49(36-22-12-4-13-23-36)52-50(54-51)37-24-14-5-15-25-37)32-40(35-20-10-3-11-21-35)48-47(46)42-31-39(27-29-45(42)56-48)34-18-8-2-9-19-34/h1-32H. The van der Waals surface area contributed by atoms with Gasteiger partial charge in [-0.2, -0.15) is 9.97 Å². The number of thiophene rings is 1. The Balaban J connectivity index is 1.31. The highest BCUT2D eigenvalue weighted by molar-refractivity contribution is 7.26. The van der Waals surface area contributed by atoms with Crippen LogP contribution in [0.3, 0.4) is 0 Å². The minimum atomic E-state index is 0.577. The lowest BCUT2D eigenvalue weighted by Crippen LogP contribution is -2.06. The van der Waals surface area contributed by atoms with E-state index in [-0.39, 0.29) is 0 Å². The lowest BCUT2D eigenvalue weighted by atomic mass is 9.96. The molecule has 8 aromatic carbocycles. The fourth-order valence-electron chi connectivity index (χ4n) is 8.01. The number of rotatable bonds is 6. The van der Waals surface area contributed by atoms with E-state index in [4.69, 9.17) is 15.0 Å². The van der Waals surface area contributed by atoms with Gasteiger partial charge in [-0.3, -0.25) is 4.57 Å². The number of nitrogens with zero attached hydrogens (tertiary/aromatic N) is 4. The summed E-state index contributed by atoms with van der Waals surface area (Å²) in [6, 6.07) is 68.6. The van der Waals surface area contributed by atoms with Crippen LogP contribution in [0.1, 0.15) is 0 Å². The molecule has 0 fully saturated rings. The van der Waals surface area contributed by atoms with Crippen molar-refractivity contribution < 1.29 is 0 Å². The van der Waals surface area contributed by atoms with Crippen molar-refractivity contribution in [3.05, 3.63) is 194 Å². The van der Waals surface area contributed by atoms with Gasteiger partial charge in [-0.1, -0.05) is 164 Å². The highest BCUT2D eigenvalue weighted by Crippen LogP contribution is 2.49. The average molecular weight is 733 g/mol. The van der Waals surface area contributed by atoms with Crippen molar-refractivity contribution in [2.75, 3.05) is 0 Å². The normalized spacial score (nSPS) is 11.6. The molecule has 0 spiro atoms. The number of aromatic nitrogens is 4. The molecule has 11 rings (SSSR count). The number of fused-ring (bicyclic) bond motifs is 7. The van der Waals surface area contributed by atoms with Gasteiger partial charge in [0.25, 0.3) is 0 Å². The molecule has 0 amide bonds. The Kier molecular flexibility index (Phi) is 7.64. The molecule has 0 bridgehead atoms. The Hall–Kier alpha value is -7.21. The van der Waals surface area contributed by atoms with E-state index < -0.39 is 0 Å². The lowest BCUT2D eigenvalue weighted by Gasteiger charge is -2.12. The van der Waals surface area contributed by atoms with E-state index in [1.165, 1.54) is 53.4 Å². The number of hydrogen-bond acceptors (Lipinski definition) is 4. The van der Waals surface area contributed by atoms with Crippen LogP contribution in [0.5, 0.6) is 0 Å². The van der Waals surface area contributed by atoms with Crippen LogP contribution in [0.2, 0.25) is 0 Å². The lowest BCUT2D eigenvalue weighted by molar-refractivity contribution is 0.954. The second kappa shape index (κ2) is 13.3. The topological polar surface area (TPSA) is 43.6 Å². The zero-order valence-electron chi connectivity index (χ0n) is 30.2. The van der Waals surface area contributed by atoms with Gasteiger partial charge in [0.05, 0.1) is 11.0 Å². The summed E-state index contributed by atoms with van der Waals surface area (Å²) in [4.78, 5) is 15.6. The van der Waals surface area contributed by atoms with E-state index in [9.17, 15) is 0 Å². The molecule has 3 aromatic heterocycles. The molecule has 0 saturated carbocycles. The smallest absolute Gasteiger partial charge is 0.238 e. The van der Waals surface area contributed by atoms with Gasteiger partial charge in [0, 0.05) is 47.6 Å². The zero-order valence-corrected chi connectivity index (χ0v) is 31.0. The summed E-state index contributed by atoms with van der Waals surface area (Å²) in [5, 5.41) is 4.82. The van der Waals surface area contributed by atoms with Crippen molar-refractivity contribution in [3.63, 3.8) is 0 Å². The van der Waals surface area contributed by atoms with Gasteiger partial charge >= 0.3 is 0 Å². The van der Waals surface area contributed by atoms with Crippen LogP contribution in [-0.2, 0) is 0 Å². The maximum atomic E-state index is 5.28. The first-order valence-electron chi connectivity index (χ1n) is 18.8. The fourth-order valence-corrected chi connectivity index (χ4v) is 9.24. The average Bonchev–Trinajstić information content (AvgIpc) is 3.82. The molecular weight excluding hydrogens is 701 g/mol. The van der Waals surface area contributed by atoms with E-state index >= 15 is 0 Å². The molecule has 262 valence electrons. The molecular formula is C51H32N4S. The molecule has 56 heavy (non-hydrogen) atoms. The summed E-state index contributed by atoms with van der Waals surface area (Å²) in [5.41, 5.74) is 11.0. The number of benzene rings is 8. The minimum Gasteiger partial charge on any atom is -0.278 e. The highest BCUT2D eigenvalue weighted by Gasteiger charge is 2.24. The quantitative estimate of drug-likeness (QED) is 0.171. The molecule has 4 nitrogen and oxygen atoms in total. The molecule has 0 aliphatic carbocycles. The molecule has 0 saturated heterocycles. The fraction of sp³-hybridized carbons (Fsp3) is 0. The molecule has 0 aliphatic rings. The van der Waals surface area contributed by atoms with E-state index in [1.807, 2.05) is 47.7 Å². The van der Waals surface area contributed by atoms with Crippen molar-refractivity contribution in [1.29, 1.82) is 0 Å². The van der Waals surface area contributed by atoms with Crippen LogP contribution in [-0.4, -0.2) is 19.5 Å². The second-order valence-corrected chi connectivity index (χ2v) is 15.1. The number of hydrogen-bond donors (Lipinski definition) is 0. The van der Waals surface area contributed by atoms with Crippen LogP contribution >= 0.6 is 11.3 Å². The van der Waals surface area contributed by atoms with Gasteiger partial charge in [-0.05, 0) is 58.1 Å². The first-order chi connectivity index (χ1) is 27.8. The van der Waals surface area contributed by atoms with Gasteiger partial charge < -0.3 is 0 Å². The monoisotopic (exact) mass is 732 g/mol. The van der Waals surface area contributed by atoms with Crippen molar-refractivity contribution in [2.45, 2.75) is 0 Å². The Morgan fingerprint density at radius 1 is 0.357 bits per heavy atom. The van der Waals surface area contributed by atoms with Crippen molar-refractivity contribution in [3.8, 4) is 62.1 Å². The Labute approximate surface area is 327 Å². The summed E-state index contributed by atoms with van der Waals surface area (Å²) in [6.45, 7) is 0. The predicted octanol–water partition coefficient (Wildman–Crippen LogP) is 13.7. The van der Waals surface area contributed by atoms with Crippen LogP contribution in [0.4, 0.5) is 0 Å². The van der Waals surface area contributed by atoms with Gasteiger partial charge in [0.15, 0.2) is 11.6 Å². The van der Waals surface area contributed by atoms with Crippen molar-refractivity contribution >= 4 is 53.3 Å². The van der Waals surface area contributed by atoms with E-state index in [1.54, 1.807) is 0 Å². The van der Waals surface area contributed by atoms with E-state index in [0.717, 1.165) is 33.1 Å². The minimum absolute atomic E-state index is 0.577. The largest absolute Gasteiger partial charge is 0.278 e. The Morgan fingerprint density at radius 3 is 1.39 bits per heavy atom.